The zero-order valence-corrected chi connectivity index (χ0v) is 20.6. The molecule has 1 unspecified atom stereocenters. The molecule has 2 aromatic heterocycles. The second-order valence-corrected chi connectivity index (χ2v) is 8.82. The second-order valence-electron chi connectivity index (χ2n) is 8.41. The van der Waals surface area contributed by atoms with Gasteiger partial charge < -0.3 is 14.8 Å². The Labute approximate surface area is 207 Å². The third-order valence-electron chi connectivity index (χ3n) is 6.20. The van der Waals surface area contributed by atoms with E-state index in [1.165, 1.54) is 14.2 Å². The lowest BCUT2D eigenvalue weighted by Gasteiger charge is -2.22. The standard InChI is InChI=1S/C26H24ClN5O3/c1-14-11-20-22(24(32(2)31-20)16-7-5-6-8-18(16)27)23-17(14)13-28-26(30-23)29-19-10-9-15(25(33)35-4)12-21(19)34-3/h5-10,12-14H,11H2,1-4H3,(H,28,29,30). The predicted molar refractivity (Wildman–Crippen MR) is 134 cm³/mol. The fourth-order valence-electron chi connectivity index (χ4n) is 4.51. The van der Waals surface area contributed by atoms with Gasteiger partial charge in [0.2, 0.25) is 5.95 Å². The summed E-state index contributed by atoms with van der Waals surface area (Å²) in [4.78, 5) is 21.4. The maximum Gasteiger partial charge on any atom is 0.337 e. The number of methoxy groups -OCH3 is 2. The summed E-state index contributed by atoms with van der Waals surface area (Å²) in [6.07, 6.45) is 2.65. The van der Waals surface area contributed by atoms with Gasteiger partial charge in [0.25, 0.3) is 0 Å². The van der Waals surface area contributed by atoms with Crippen molar-refractivity contribution in [3.63, 3.8) is 0 Å². The minimum absolute atomic E-state index is 0.217. The van der Waals surface area contributed by atoms with Gasteiger partial charge in [-0.3, -0.25) is 4.68 Å². The number of hydrogen-bond acceptors (Lipinski definition) is 7. The second kappa shape index (κ2) is 9.03. The number of aromatic nitrogens is 4. The first-order chi connectivity index (χ1) is 16.9. The topological polar surface area (TPSA) is 91.2 Å². The lowest BCUT2D eigenvalue weighted by molar-refractivity contribution is 0.0600. The normalized spacial score (nSPS) is 14.1. The van der Waals surface area contributed by atoms with Crippen LogP contribution in [0.5, 0.6) is 5.75 Å². The lowest BCUT2D eigenvalue weighted by Crippen LogP contribution is -2.12. The minimum Gasteiger partial charge on any atom is -0.495 e. The molecule has 1 N–H and O–H groups in total. The largest absolute Gasteiger partial charge is 0.495 e. The van der Waals surface area contributed by atoms with E-state index in [-0.39, 0.29) is 5.92 Å². The monoisotopic (exact) mass is 489 g/mol. The van der Waals surface area contributed by atoms with E-state index in [4.69, 9.17) is 31.2 Å². The number of esters is 1. The summed E-state index contributed by atoms with van der Waals surface area (Å²) < 4.78 is 12.2. The summed E-state index contributed by atoms with van der Waals surface area (Å²) in [6, 6.07) is 12.7. The Balaban J connectivity index is 1.60. The van der Waals surface area contributed by atoms with Gasteiger partial charge in [0.1, 0.15) is 5.75 Å². The van der Waals surface area contributed by atoms with Crippen LogP contribution in [0.3, 0.4) is 0 Å². The maximum atomic E-state index is 11.9. The third kappa shape index (κ3) is 4.00. The highest BCUT2D eigenvalue weighted by Crippen LogP contribution is 2.45. The van der Waals surface area contributed by atoms with E-state index in [9.17, 15) is 4.79 Å². The molecule has 0 spiro atoms. The molecule has 1 aliphatic rings. The van der Waals surface area contributed by atoms with E-state index >= 15 is 0 Å². The highest BCUT2D eigenvalue weighted by atomic mass is 35.5. The molecule has 0 amide bonds. The molecule has 2 aromatic carbocycles. The molecule has 0 saturated carbocycles. The fourth-order valence-corrected chi connectivity index (χ4v) is 4.73. The molecule has 35 heavy (non-hydrogen) atoms. The van der Waals surface area contributed by atoms with Crippen LogP contribution in [-0.2, 0) is 18.2 Å². The number of anilines is 2. The van der Waals surface area contributed by atoms with Gasteiger partial charge in [0.05, 0.1) is 42.6 Å². The Morgan fingerprint density at radius 2 is 2.00 bits per heavy atom. The molecule has 2 heterocycles. The van der Waals surface area contributed by atoms with Gasteiger partial charge in [0.15, 0.2) is 0 Å². The molecule has 1 atom stereocenters. The number of fused-ring (bicyclic) bond motifs is 3. The van der Waals surface area contributed by atoms with Crippen LogP contribution >= 0.6 is 11.6 Å². The van der Waals surface area contributed by atoms with Gasteiger partial charge >= 0.3 is 5.97 Å². The summed E-state index contributed by atoms with van der Waals surface area (Å²) in [5.41, 5.74) is 6.66. The predicted octanol–water partition coefficient (Wildman–Crippen LogP) is 5.40. The molecule has 1 aliphatic carbocycles. The molecule has 0 aliphatic heterocycles. The Morgan fingerprint density at radius 3 is 2.74 bits per heavy atom. The zero-order valence-electron chi connectivity index (χ0n) is 19.8. The van der Waals surface area contributed by atoms with Crippen LogP contribution in [0.15, 0.2) is 48.7 Å². The van der Waals surface area contributed by atoms with Crippen molar-refractivity contribution in [2.75, 3.05) is 19.5 Å². The molecule has 0 bridgehead atoms. The molecule has 4 aromatic rings. The van der Waals surface area contributed by atoms with Crippen molar-refractivity contribution < 1.29 is 14.3 Å². The molecule has 0 fully saturated rings. The summed E-state index contributed by atoms with van der Waals surface area (Å²) >= 11 is 6.57. The number of ether oxygens (including phenoxy) is 2. The van der Waals surface area contributed by atoms with Crippen molar-refractivity contribution in [1.82, 2.24) is 19.7 Å². The van der Waals surface area contributed by atoms with Crippen LogP contribution < -0.4 is 10.1 Å². The van der Waals surface area contributed by atoms with Crippen LogP contribution in [0.25, 0.3) is 22.5 Å². The molecule has 5 rings (SSSR count). The van der Waals surface area contributed by atoms with Crippen molar-refractivity contribution in [2.24, 2.45) is 7.05 Å². The van der Waals surface area contributed by atoms with Gasteiger partial charge in [0, 0.05) is 35.0 Å². The quantitative estimate of drug-likeness (QED) is 0.375. The first-order valence-electron chi connectivity index (χ1n) is 11.1. The summed E-state index contributed by atoms with van der Waals surface area (Å²) in [6.45, 7) is 2.15. The number of carbonyl (C=O) groups is 1. The molecule has 8 nitrogen and oxygen atoms in total. The van der Waals surface area contributed by atoms with E-state index in [0.717, 1.165) is 40.2 Å². The highest BCUT2D eigenvalue weighted by Gasteiger charge is 2.31. The zero-order chi connectivity index (χ0) is 24.7. The van der Waals surface area contributed by atoms with Crippen molar-refractivity contribution in [3.8, 4) is 28.3 Å². The molecule has 0 saturated heterocycles. The average Bonchev–Trinajstić information content (AvgIpc) is 3.19. The molecule has 0 radical (unpaired) electrons. The maximum absolute atomic E-state index is 11.9. The lowest BCUT2D eigenvalue weighted by atomic mass is 9.85. The first-order valence-corrected chi connectivity index (χ1v) is 11.5. The minimum atomic E-state index is -0.440. The van der Waals surface area contributed by atoms with E-state index in [1.54, 1.807) is 18.2 Å². The number of rotatable bonds is 5. The summed E-state index contributed by atoms with van der Waals surface area (Å²) in [5.74, 6) is 0.655. The van der Waals surface area contributed by atoms with E-state index in [1.807, 2.05) is 42.2 Å². The smallest absolute Gasteiger partial charge is 0.337 e. The fraction of sp³-hybridized carbons (Fsp3) is 0.231. The van der Waals surface area contributed by atoms with E-state index < -0.39 is 5.97 Å². The first kappa shape index (κ1) is 22.9. The number of nitrogens with one attached hydrogen (secondary N) is 1. The Hall–Kier alpha value is -3.91. The number of carbonyl (C=O) groups excluding carboxylic acids is 1. The van der Waals surface area contributed by atoms with Crippen molar-refractivity contribution in [3.05, 3.63) is 70.5 Å². The van der Waals surface area contributed by atoms with Crippen LogP contribution in [0.1, 0.15) is 34.5 Å². The van der Waals surface area contributed by atoms with Crippen LogP contribution in [-0.4, -0.2) is 39.9 Å². The SMILES string of the molecule is COC(=O)c1ccc(Nc2ncc3c(n2)-c2c(nn(C)c2-c2ccccc2Cl)CC3C)c(OC)c1. The Kier molecular flexibility index (Phi) is 5.90. The van der Waals surface area contributed by atoms with Gasteiger partial charge in [-0.15, -0.1) is 0 Å². The molecular weight excluding hydrogens is 466 g/mol. The molecular formula is C26H24ClN5O3. The molecule has 9 heteroatoms. The van der Waals surface area contributed by atoms with Crippen molar-refractivity contribution in [1.29, 1.82) is 0 Å². The number of hydrogen-bond donors (Lipinski definition) is 1. The van der Waals surface area contributed by atoms with Gasteiger partial charge in [-0.1, -0.05) is 36.7 Å². The third-order valence-corrected chi connectivity index (χ3v) is 6.53. The van der Waals surface area contributed by atoms with Crippen LogP contribution in [0.2, 0.25) is 5.02 Å². The van der Waals surface area contributed by atoms with E-state index in [0.29, 0.717) is 28.0 Å². The number of aryl methyl sites for hydroxylation is 1. The van der Waals surface area contributed by atoms with Crippen molar-refractivity contribution in [2.45, 2.75) is 19.3 Å². The van der Waals surface area contributed by atoms with Gasteiger partial charge in [-0.2, -0.15) is 5.10 Å². The summed E-state index contributed by atoms with van der Waals surface area (Å²) in [7, 11) is 4.80. The van der Waals surface area contributed by atoms with Crippen LogP contribution in [0.4, 0.5) is 11.6 Å². The number of benzene rings is 2. The number of nitrogens with zero attached hydrogens (tertiary/aromatic N) is 4. The molecule has 178 valence electrons. The Morgan fingerprint density at radius 1 is 1.20 bits per heavy atom. The van der Waals surface area contributed by atoms with Crippen molar-refractivity contribution >= 4 is 29.2 Å². The summed E-state index contributed by atoms with van der Waals surface area (Å²) in [5, 5.41) is 8.69. The number of halogens is 1. The highest BCUT2D eigenvalue weighted by molar-refractivity contribution is 6.33. The van der Waals surface area contributed by atoms with E-state index in [2.05, 4.69) is 17.2 Å². The average molecular weight is 490 g/mol. The van der Waals surface area contributed by atoms with Gasteiger partial charge in [-0.05, 0) is 36.6 Å². The van der Waals surface area contributed by atoms with Crippen LogP contribution in [0, 0.1) is 0 Å². The van der Waals surface area contributed by atoms with Gasteiger partial charge in [-0.25, -0.2) is 14.8 Å². The Bertz CT molecular complexity index is 1450.